The monoisotopic (exact) mass is 440 g/mol. The van der Waals surface area contributed by atoms with E-state index in [0.717, 1.165) is 25.0 Å². The second kappa shape index (κ2) is 10.3. The predicted octanol–water partition coefficient (Wildman–Crippen LogP) is 4.04. The quantitative estimate of drug-likeness (QED) is 0.534. The van der Waals surface area contributed by atoms with Crippen molar-refractivity contribution in [3.8, 4) is 5.75 Å². The van der Waals surface area contributed by atoms with Crippen LogP contribution in [0.1, 0.15) is 37.7 Å². The average molecular weight is 440 g/mol. The lowest BCUT2D eigenvalue weighted by Gasteiger charge is -2.23. The summed E-state index contributed by atoms with van der Waals surface area (Å²) in [7, 11) is 0. The van der Waals surface area contributed by atoms with E-state index in [1.54, 1.807) is 6.08 Å². The Morgan fingerprint density at radius 3 is 2.87 bits per heavy atom. The summed E-state index contributed by atoms with van der Waals surface area (Å²) < 4.78 is 49.2. The van der Waals surface area contributed by atoms with Gasteiger partial charge in [0.1, 0.15) is 24.6 Å². The molecule has 0 amide bonds. The molecule has 0 saturated heterocycles. The van der Waals surface area contributed by atoms with Crippen LogP contribution in [0.25, 0.3) is 0 Å². The lowest BCUT2D eigenvalue weighted by molar-refractivity contribution is -0.151. The Morgan fingerprint density at radius 2 is 2.10 bits per heavy atom. The Labute approximate surface area is 179 Å². The number of alkyl halides is 3. The Hall–Kier alpha value is -2.32. The topological polar surface area (TPSA) is 76.0 Å². The van der Waals surface area contributed by atoms with Gasteiger partial charge in [-0.15, -0.1) is 0 Å². The molecule has 2 aliphatic rings. The van der Waals surface area contributed by atoms with Crippen LogP contribution in [0, 0.1) is 11.8 Å². The van der Waals surface area contributed by atoms with Crippen molar-refractivity contribution in [3.63, 3.8) is 0 Å². The zero-order valence-corrected chi connectivity index (χ0v) is 17.0. The number of esters is 1. The highest BCUT2D eigenvalue weighted by atomic mass is 19.4. The van der Waals surface area contributed by atoms with Gasteiger partial charge in [0.2, 0.25) is 0 Å². The number of carbonyl (C=O) groups is 1. The third-order valence-electron chi connectivity index (χ3n) is 5.64. The second-order valence-electron chi connectivity index (χ2n) is 7.96. The van der Waals surface area contributed by atoms with E-state index in [1.165, 1.54) is 18.2 Å². The van der Waals surface area contributed by atoms with Crippen LogP contribution in [0.4, 0.5) is 13.2 Å². The van der Waals surface area contributed by atoms with Gasteiger partial charge in [-0.2, -0.15) is 13.2 Å². The van der Waals surface area contributed by atoms with Gasteiger partial charge in [0.15, 0.2) is 0 Å². The molecule has 5 atom stereocenters. The molecule has 0 radical (unpaired) electrons. The number of halogens is 3. The number of rotatable bonds is 5. The molecular weight excluding hydrogens is 413 g/mol. The van der Waals surface area contributed by atoms with E-state index in [-0.39, 0.29) is 30.2 Å². The molecule has 0 spiro atoms. The highest BCUT2D eigenvalue weighted by Gasteiger charge is 2.42. The fraction of sp³-hybridized carbons (Fsp3) is 0.522. The van der Waals surface area contributed by atoms with Gasteiger partial charge in [0, 0.05) is 24.7 Å². The number of fused-ring (bicyclic) bond motifs is 1. The summed E-state index contributed by atoms with van der Waals surface area (Å²) in [5.41, 5.74) is -0.825. The van der Waals surface area contributed by atoms with Crippen molar-refractivity contribution in [1.82, 2.24) is 0 Å². The average Bonchev–Trinajstić information content (AvgIpc) is 3.01. The van der Waals surface area contributed by atoms with Gasteiger partial charge in [-0.3, -0.25) is 4.79 Å². The molecule has 1 fully saturated rings. The van der Waals surface area contributed by atoms with Crippen LogP contribution in [0.2, 0.25) is 0 Å². The van der Waals surface area contributed by atoms with Crippen molar-refractivity contribution in [1.29, 1.82) is 0 Å². The first-order valence-electron chi connectivity index (χ1n) is 10.4. The smallest absolute Gasteiger partial charge is 0.416 e. The van der Waals surface area contributed by atoms with E-state index in [4.69, 9.17) is 9.47 Å². The molecule has 170 valence electrons. The third kappa shape index (κ3) is 6.58. The lowest BCUT2D eigenvalue weighted by atomic mass is 9.89. The largest absolute Gasteiger partial charge is 0.491 e. The van der Waals surface area contributed by atoms with Gasteiger partial charge < -0.3 is 19.7 Å². The van der Waals surface area contributed by atoms with Crippen LogP contribution in [0.3, 0.4) is 0 Å². The van der Waals surface area contributed by atoms with E-state index in [9.17, 15) is 28.2 Å². The van der Waals surface area contributed by atoms with E-state index in [2.05, 4.69) is 0 Å². The van der Waals surface area contributed by atoms with Crippen molar-refractivity contribution in [2.24, 2.45) is 11.8 Å². The summed E-state index contributed by atoms with van der Waals surface area (Å²) in [5.74, 6) is -0.685. The lowest BCUT2D eigenvalue weighted by Crippen LogP contribution is -2.25. The number of benzene rings is 1. The number of hydrogen-bond donors (Lipinski definition) is 2. The summed E-state index contributed by atoms with van der Waals surface area (Å²) in [6.07, 6.45) is 3.39. The van der Waals surface area contributed by atoms with E-state index in [0.29, 0.717) is 19.3 Å². The van der Waals surface area contributed by atoms with Crippen LogP contribution in [-0.2, 0) is 15.7 Å². The minimum absolute atomic E-state index is 0.00706. The first-order chi connectivity index (χ1) is 14.7. The summed E-state index contributed by atoms with van der Waals surface area (Å²) in [6, 6.07) is 4.45. The van der Waals surface area contributed by atoms with Crippen molar-refractivity contribution in [2.75, 3.05) is 6.61 Å². The molecular formula is C23H27F3O5. The Morgan fingerprint density at radius 1 is 1.29 bits per heavy atom. The maximum Gasteiger partial charge on any atom is 0.416 e. The van der Waals surface area contributed by atoms with E-state index in [1.807, 2.05) is 12.2 Å². The van der Waals surface area contributed by atoms with Crippen LogP contribution >= 0.6 is 0 Å². The summed E-state index contributed by atoms with van der Waals surface area (Å²) in [4.78, 5) is 12.0. The van der Waals surface area contributed by atoms with Gasteiger partial charge in [-0.25, -0.2) is 0 Å². The fourth-order valence-corrected chi connectivity index (χ4v) is 4.04. The van der Waals surface area contributed by atoms with Gasteiger partial charge in [-0.05, 0) is 37.5 Å². The van der Waals surface area contributed by atoms with Crippen LogP contribution < -0.4 is 4.74 Å². The van der Waals surface area contributed by atoms with Crippen LogP contribution in [0.15, 0.2) is 48.6 Å². The van der Waals surface area contributed by atoms with Gasteiger partial charge in [0.25, 0.3) is 0 Å². The first kappa shape index (κ1) is 23.3. The molecule has 1 aromatic rings. The van der Waals surface area contributed by atoms with Crippen LogP contribution in [0.5, 0.6) is 5.75 Å². The highest BCUT2D eigenvalue weighted by molar-refractivity contribution is 5.69. The van der Waals surface area contributed by atoms with Gasteiger partial charge >= 0.3 is 12.1 Å². The molecule has 1 aliphatic carbocycles. The molecule has 31 heavy (non-hydrogen) atoms. The molecule has 0 bridgehead atoms. The van der Waals surface area contributed by atoms with Gasteiger partial charge in [0.05, 0.1) is 11.7 Å². The number of aliphatic hydroxyl groups is 2. The summed E-state index contributed by atoms with van der Waals surface area (Å²) in [5, 5.41) is 20.7. The number of hydrogen-bond acceptors (Lipinski definition) is 5. The molecule has 8 heteroatoms. The Bertz CT molecular complexity index is 805. The standard InChI is InChI=1S/C23H27F3O5/c24-23(25,26)15-6-5-7-17(12-15)30-14-16(27)10-11-18-19-8-3-1-2-4-9-22(29)31-21(19)13-20(18)28/h1,3,5-7,10-12,16,18-21,27-28H,2,4,8-9,13-14H2. The molecule has 1 saturated carbocycles. The normalized spacial score (nSPS) is 28.2. The molecule has 3 rings (SSSR count). The molecule has 1 heterocycles. The number of allylic oxidation sites excluding steroid dienone is 2. The molecule has 2 N–H and O–H groups in total. The Balaban J connectivity index is 1.60. The number of aliphatic hydroxyl groups excluding tert-OH is 2. The van der Waals surface area contributed by atoms with Crippen molar-refractivity contribution >= 4 is 5.97 Å². The number of ether oxygens (including phenoxy) is 2. The number of carbonyl (C=O) groups excluding carboxylic acids is 1. The highest BCUT2D eigenvalue weighted by Crippen LogP contribution is 2.39. The zero-order chi connectivity index (χ0) is 22.4. The van der Waals surface area contributed by atoms with Crippen molar-refractivity contribution in [2.45, 2.75) is 56.6 Å². The summed E-state index contributed by atoms with van der Waals surface area (Å²) >= 11 is 0. The molecule has 1 aromatic carbocycles. The molecule has 0 aromatic heterocycles. The minimum Gasteiger partial charge on any atom is -0.491 e. The van der Waals surface area contributed by atoms with E-state index < -0.39 is 30.1 Å². The van der Waals surface area contributed by atoms with Crippen molar-refractivity contribution < 1.29 is 37.7 Å². The van der Waals surface area contributed by atoms with E-state index >= 15 is 0 Å². The van der Waals surface area contributed by atoms with Gasteiger partial charge in [-0.1, -0.05) is 30.4 Å². The Kier molecular flexibility index (Phi) is 7.78. The third-order valence-corrected chi connectivity index (χ3v) is 5.64. The fourth-order valence-electron chi connectivity index (χ4n) is 4.04. The van der Waals surface area contributed by atoms with Crippen molar-refractivity contribution in [3.05, 3.63) is 54.1 Å². The first-order valence-corrected chi connectivity index (χ1v) is 10.4. The van der Waals surface area contributed by atoms with Crippen LogP contribution in [-0.4, -0.2) is 41.1 Å². The molecule has 5 unspecified atom stereocenters. The molecule has 5 nitrogen and oxygen atoms in total. The summed E-state index contributed by atoms with van der Waals surface area (Å²) in [6.45, 7) is -0.233. The maximum absolute atomic E-state index is 12.8. The zero-order valence-electron chi connectivity index (χ0n) is 17.0. The predicted molar refractivity (Wildman–Crippen MR) is 107 cm³/mol. The minimum atomic E-state index is -4.47. The maximum atomic E-state index is 12.8. The second-order valence-corrected chi connectivity index (χ2v) is 7.96. The SMILES string of the molecule is O=C1CCCC=CCC2C(CC(O)C2C=CC(O)COc2cccc(C(F)(F)F)c2)O1. The molecule has 1 aliphatic heterocycles.